The van der Waals surface area contributed by atoms with E-state index in [1.54, 1.807) is 20.8 Å². The second-order valence-electron chi connectivity index (χ2n) is 4.25. The number of rotatable bonds is 5. The van der Waals surface area contributed by atoms with Gasteiger partial charge in [0.25, 0.3) is 0 Å². The molecule has 0 aromatic carbocycles. The molecule has 7 heteroatoms. The summed E-state index contributed by atoms with van der Waals surface area (Å²) in [6, 6.07) is -0.969. The largest absolute Gasteiger partial charge is 0.598 e. The van der Waals surface area contributed by atoms with Gasteiger partial charge in [0.05, 0.1) is 11.4 Å². The highest BCUT2D eigenvalue weighted by molar-refractivity contribution is 7.90. The number of hydrogen-bond acceptors (Lipinski definition) is 5. The third kappa shape index (κ3) is 7.49. The normalized spacial score (nSPS) is 15.3. The lowest BCUT2D eigenvalue weighted by Crippen LogP contribution is -2.42. The summed E-state index contributed by atoms with van der Waals surface area (Å²) in [6.45, 7) is 6.43. The van der Waals surface area contributed by atoms with Crippen LogP contribution in [0.3, 0.4) is 0 Å². The number of carbonyl (C=O) groups is 2. The molecule has 0 aliphatic heterocycles. The van der Waals surface area contributed by atoms with Crippen molar-refractivity contribution in [3.8, 4) is 0 Å². The number of esters is 1. The van der Waals surface area contributed by atoms with E-state index in [-0.39, 0.29) is 5.75 Å². The van der Waals surface area contributed by atoms with Crippen LogP contribution in [0.2, 0.25) is 0 Å². The van der Waals surface area contributed by atoms with E-state index in [4.69, 9.17) is 9.84 Å². The Morgan fingerprint density at radius 3 is 2.38 bits per heavy atom. The van der Waals surface area contributed by atoms with E-state index in [0.29, 0.717) is 0 Å². The van der Waals surface area contributed by atoms with Gasteiger partial charge in [-0.1, -0.05) is 0 Å². The van der Waals surface area contributed by atoms with Crippen molar-refractivity contribution in [3.05, 3.63) is 0 Å². The summed E-state index contributed by atoms with van der Waals surface area (Å²) in [5.41, 5.74) is -0.639. The fraction of sp³-hybridized carbons (Fsp3) is 0.778. The second kappa shape index (κ2) is 6.07. The maximum absolute atomic E-state index is 11.3. The number of carboxylic acids is 1. The van der Waals surface area contributed by atoms with Crippen LogP contribution in [0.25, 0.3) is 0 Å². The van der Waals surface area contributed by atoms with Crippen LogP contribution >= 0.6 is 0 Å². The third-order valence-electron chi connectivity index (χ3n) is 1.35. The maximum atomic E-state index is 11.3. The molecule has 94 valence electrons. The molecule has 1 unspecified atom stereocenters. The van der Waals surface area contributed by atoms with Crippen LogP contribution in [0, 0.1) is 0 Å². The molecular formula is C9H17NO5S. The molecule has 6 nitrogen and oxygen atoms in total. The zero-order chi connectivity index (χ0) is 12.9. The van der Waals surface area contributed by atoms with Gasteiger partial charge in [0, 0.05) is 0 Å². The summed E-state index contributed by atoms with van der Waals surface area (Å²) >= 11 is -1.74. The highest BCUT2D eigenvalue weighted by Crippen LogP contribution is 2.07. The zero-order valence-corrected chi connectivity index (χ0v) is 10.6. The van der Waals surface area contributed by atoms with Gasteiger partial charge in [-0.3, -0.25) is 4.79 Å². The monoisotopic (exact) mass is 251 g/mol. The summed E-state index contributed by atoms with van der Waals surface area (Å²) in [5, 5.41) is 8.54. The summed E-state index contributed by atoms with van der Waals surface area (Å²) in [7, 11) is 0. The first-order valence-electron chi connectivity index (χ1n) is 4.71. The average Bonchev–Trinajstić information content (AvgIpc) is 1.98. The number of ether oxygens (including phenoxy) is 1. The molecule has 0 aliphatic carbocycles. The minimum atomic E-state index is -1.74. The van der Waals surface area contributed by atoms with Gasteiger partial charge >= 0.3 is 11.9 Å². The minimum absolute atomic E-state index is 0.366. The van der Waals surface area contributed by atoms with Gasteiger partial charge in [0.1, 0.15) is 11.6 Å². The Bertz CT molecular complexity index is 263. The van der Waals surface area contributed by atoms with Gasteiger partial charge in [-0.05, 0) is 27.7 Å². The van der Waals surface area contributed by atoms with Crippen molar-refractivity contribution in [2.75, 3.05) is 5.75 Å². The van der Waals surface area contributed by atoms with Gasteiger partial charge in [-0.25, -0.2) is 4.79 Å². The van der Waals surface area contributed by atoms with Gasteiger partial charge < -0.3 is 14.4 Å². The number of carbonyl (C=O) groups excluding carboxylic acids is 1. The van der Waals surface area contributed by atoms with E-state index in [9.17, 15) is 14.1 Å². The van der Waals surface area contributed by atoms with Gasteiger partial charge in [-0.2, -0.15) is 0 Å². The Balaban J connectivity index is 4.01. The molecule has 0 saturated carbocycles. The third-order valence-corrected chi connectivity index (χ3v) is 2.46. The van der Waals surface area contributed by atoms with Crippen LogP contribution in [-0.2, 0) is 25.7 Å². The fourth-order valence-electron chi connectivity index (χ4n) is 0.767. The first-order valence-corrected chi connectivity index (χ1v) is 6.03. The lowest BCUT2D eigenvalue weighted by molar-refractivity contribution is -0.151. The van der Waals surface area contributed by atoms with Crippen molar-refractivity contribution in [1.82, 2.24) is 4.72 Å². The van der Waals surface area contributed by atoms with E-state index in [2.05, 4.69) is 4.72 Å². The Kier molecular flexibility index (Phi) is 5.77. The number of hydrogen-bond donors (Lipinski definition) is 2. The quantitative estimate of drug-likeness (QED) is 0.529. The molecule has 0 bridgehead atoms. The van der Waals surface area contributed by atoms with Crippen molar-refractivity contribution in [2.45, 2.75) is 39.3 Å². The van der Waals surface area contributed by atoms with Gasteiger partial charge in [0.15, 0.2) is 0 Å². The molecule has 0 aromatic heterocycles. The molecule has 16 heavy (non-hydrogen) atoms. The van der Waals surface area contributed by atoms with Gasteiger partial charge in [0.2, 0.25) is 5.75 Å². The SMILES string of the molecule is C[C@H](N[S+]([O-])CC(=O)OC(C)(C)C)C(=O)O. The van der Waals surface area contributed by atoms with Crippen molar-refractivity contribution in [3.63, 3.8) is 0 Å². The van der Waals surface area contributed by atoms with Crippen molar-refractivity contribution >= 4 is 23.3 Å². The Morgan fingerprint density at radius 1 is 1.50 bits per heavy atom. The Labute approximate surface area is 97.7 Å². The van der Waals surface area contributed by atoms with Crippen LogP contribution in [-0.4, -0.2) is 39.0 Å². The molecule has 2 atom stereocenters. The first kappa shape index (κ1) is 15.2. The maximum Gasteiger partial charge on any atom is 0.358 e. The molecule has 0 spiro atoms. The molecular weight excluding hydrogens is 234 g/mol. The highest BCUT2D eigenvalue weighted by atomic mass is 32.2. The second-order valence-corrected chi connectivity index (χ2v) is 5.47. The van der Waals surface area contributed by atoms with E-state index in [1.165, 1.54) is 6.92 Å². The van der Waals surface area contributed by atoms with Gasteiger partial charge in [-0.15, -0.1) is 4.72 Å². The predicted molar refractivity (Wildman–Crippen MR) is 59.1 cm³/mol. The fourth-order valence-corrected chi connectivity index (χ4v) is 1.62. The lowest BCUT2D eigenvalue weighted by Gasteiger charge is -2.20. The van der Waals surface area contributed by atoms with Crippen LogP contribution in [0.1, 0.15) is 27.7 Å². The topological polar surface area (TPSA) is 98.7 Å². The lowest BCUT2D eigenvalue weighted by atomic mass is 10.2. The summed E-state index contributed by atoms with van der Waals surface area (Å²) in [5.74, 6) is -2.12. The van der Waals surface area contributed by atoms with Crippen LogP contribution in [0.4, 0.5) is 0 Å². The Hall–Kier alpha value is -0.790. The predicted octanol–water partition coefficient (Wildman–Crippen LogP) is 0.0545. The minimum Gasteiger partial charge on any atom is -0.598 e. The molecule has 0 heterocycles. The van der Waals surface area contributed by atoms with E-state index in [1.807, 2.05) is 0 Å². The molecule has 0 aliphatic rings. The molecule has 0 fully saturated rings. The summed E-state index contributed by atoms with van der Waals surface area (Å²) in [6.07, 6.45) is 0. The van der Waals surface area contributed by atoms with E-state index in [0.717, 1.165) is 0 Å². The molecule has 0 radical (unpaired) electrons. The zero-order valence-electron chi connectivity index (χ0n) is 9.77. The van der Waals surface area contributed by atoms with Crippen LogP contribution in [0.5, 0.6) is 0 Å². The molecule has 0 amide bonds. The summed E-state index contributed by atoms with van der Waals surface area (Å²) in [4.78, 5) is 21.7. The Morgan fingerprint density at radius 2 is 2.00 bits per heavy atom. The van der Waals surface area contributed by atoms with Crippen molar-refractivity contribution in [1.29, 1.82) is 0 Å². The first-order chi connectivity index (χ1) is 7.11. The standard InChI is InChI=1S/C9H17NO5S/c1-6(8(12)13)10-16(14)5-7(11)15-9(2,3)4/h6,10H,5H2,1-4H3,(H,12,13)/t6-,16?/m0/s1. The molecule has 2 N–H and O–H groups in total. The number of nitrogens with one attached hydrogen (secondary N) is 1. The van der Waals surface area contributed by atoms with Crippen molar-refractivity contribution in [2.24, 2.45) is 0 Å². The summed E-state index contributed by atoms with van der Waals surface area (Å²) < 4.78 is 18.5. The van der Waals surface area contributed by atoms with E-state index >= 15 is 0 Å². The van der Waals surface area contributed by atoms with Crippen molar-refractivity contribution < 1.29 is 24.0 Å². The highest BCUT2D eigenvalue weighted by Gasteiger charge is 2.24. The smallest absolute Gasteiger partial charge is 0.358 e. The number of aliphatic carboxylic acids is 1. The average molecular weight is 251 g/mol. The van der Waals surface area contributed by atoms with Crippen LogP contribution < -0.4 is 4.72 Å². The van der Waals surface area contributed by atoms with E-state index < -0.39 is 34.9 Å². The molecule has 0 aromatic rings. The molecule has 0 rings (SSSR count). The van der Waals surface area contributed by atoms with Crippen LogP contribution in [0.15, 0.2) is 0 Å². The molecule has 0 saturated heterocycles. The number of carboxylic acid groups (broad SMARTS) is 1.